The van der Waals surface area contributed by atoms with Gasteiger partial charge in [0.05, 0.1) is 12.2 Å². The Morgan fingerprint density at radius 3 is 2.62 bits per heavy atom. The minimum atomic E-state index is -0.817. The maximum absolute atomic E-state index is 10.9. The first kappa shape index (κ1) is 14.2. The summed E-state index contributed by atoms with van der Waals surface area (Å²) in [6, 6.07) is 16.3. The topological polar surface area (TPSA) is 29.5 Å². The fourth-order valence-electron chi connectivity index (χ4n) is 3.14. The van der Waals surface area contributed by atoms with E-state index < -0.39 is 5.60 Å². The summed E-state index contributed by atoms with van der Waals surface area (Å²) in [5, 5.41) is 10.9. The molecule has 0 aromatic heterocycles. The number of fused-ring (bicyclic) bond motifs is 1. The average Bonchev–Trinajstić information content (AvgIpc) is 2.48. The molecule has 0 saturated carbocycles. The molecule has 0 fully saturated rings. The van der Waals surface area contributed by atoms with Gasteiger partial charge in [-0.3, -0.25) is 0 Å². The van der Waals surface area contributed by atoms with Gasteiger partial charge in [-0.05, 0) is 49.8 Å². The van der Waals surface area contributed by atoms with Gasteiger partial charge in [0.15, 0.2) is 0 Å². The first-order chi connectivity index (χ1) is 10.1. The van der Waals surface area contributed by atoms with Crippen molar-refractivity contribution in [2.75, 3.05) is 6.61 Å². The zero-order chi connectivity index (χ0) is 14.9. The Morgan fingerprint density at radius 2 is 1.86 bits per heavy atom. The van der Waals surface area contributed by atoms with E-state index in [1.807, 2.05) is 37.3 Å². The molecular weight excluding hydrogens is 260 g/mol. The number of rotatable bonds is 3. The van der Waals surface area contributed by atoms with E-state index in [1.165, 1.54) is 11.1 Å². The van der Waals surface area contributed by atoms with Gasteiger partial charge in [-0.1, -0.05) is 48.0 Å². The van der Waals surface area contributed by atoms with Gasteiger partial charge in [0, 0.05) is 0 Å². The van der Waals surface area contributed by atoms with Crippen molar-refractivity contribution in [1.29, 1.82) is 0 Å². The molecule has 2 atom stereocenters. The summed E-state index contributed by atoms with van der Waals surface area (Å²) in [6.07, 6.45) is 1.68. The first-order valence-electron chi connectivity index (χ1n) is 7.57. The summed E-state index contributed by atoms with van der Waals surface area (Å²) < 4.78 is 5.71. The average molecular weight is 282 g/mol. The Labute approximate surface area is 126 Å². The summed E-state index contributed by atoms with van der Waals surface area (Å²) >= 11 is 0. The fourth-order valence-corrected chi connectivity index (χ4v) is 3.14. The molecule has 0 amide bonds. The molecule has 1 aliphatic heterocycles. The molecule has 2 aromatic rings. The van der Waals surface area contributed by atoms with Crippen LogP contribution in [-0.2, 0) is 5.60 Å². The van der Waals surface area contributed by atoms with Crippen LogP contribution in [0, 0.1) is 6.92 Å². The third-order valence-electron chi connectivity index (χ3n) is 4.40. The van der Waals surface area contributed by atoms with Crippen LogP contribution in [0.4, 0.5) is 0 Å². The van der Waals surface area contributed by atoms with E-state index in [2.05, 4.69) is 25.1 Å². The van der Waals surface area contributed by atoms with E-state index in [9.17, 15) is 5.11 Å². The van der Waals surface area contributed by atoms with Crippen LogP contribution in [0.2, 0.25) is 0 Å². The Bertz CT molecular complexity index is 614. The lowest BCUT2D eigenvalue weighted by atomic mass is 9.80. The van der Waals surface area contributed by atoms with Crippen LogP contribution < -0.4 is 4.74 Å². The van der Waals surface area contributed by atoms with E-state index >= 15 is 0 Å². The second-order valence-electron chi connectivity index (χ2n) is 6.22. The van der Waals surface area contributed by atoms with Crippen LogP contribution in [0.5, 0.6) is 5.75 Å². The van der Waals surface area contributed by atoms with Crippen molar-refractivity contribution in [3.05, 3.63) is 65.2 Å². The summed E-state index contributed by atoms with van der Waals surface area (Å²) in [7, 11) is 0. The molecular formula is C19H22O2. The lowest BCUT2D eigenvalue weighted by Crippen LogP contribution is -2.27. The lowest BCUT2D eigenvalue weighted by molar-refractivity contribution is 0.0352. The predicted molar refractivity (Wildman–Crippen MR) is 84.7 cm³/mol. The Balaban J connectivity index is 1.84. The van der Waals surface area contributed by atoms with Crippen LogP contribution in [0.3, 0.4) is 0 Å². The van der Waals surface area contributed by atoms with Gasteiger partial charge in [0.25, 0.3) is 0 Å². The second-order valence-corrected chi connectivity index (χ2v) is 6.22. The zero-order valence-corrected chi connectivity index (χ0v) is 12.7. The smallest absolute Gasteiger partial charge is 0.122 e. The van der Waals surface area contributed by atoms with Gasteiger partial charge in [0.2, 0.25) is 0 Å². The van der Waals surface area contributed by atoms with E-state index in [0.717, 1.165) is 30.8 Å². The van der Waals surface area contributed by atoms with Crippen LogP contribution >= 0.6 is 0 Å². The maximum Gasteiger partial charge on any atom is 0.122 e. The van der Waals surface area contributed by atoms with Crippen molar-refractivity contribution in [1.82, 2.24) is 0 Å². The number of hydrogen-bond donors (Lipinski definition) is 1. The van der Waals surface area contributed by atoms with Gasteiger partial charge in [-0.2, -0.15) is 0 Å². The molecule has 2 aromatic carbocycles. The fraction of sp³-hybridized carbons (Fsp3) is 0.368. The van der Waals surface area contributed by atoms with Gasteiger partial charge < -0.3 is 9.84 Å². The van der Waals surface area contributed by atoms with E-state index in [4.69, 9.17) is 4.74 Å². The van der Waals surface area contributed by atoms with Crippen molar-refractivity contribution in [2.45, 2.75) is 38.2 Å². The summed E-state index contributed by atoms with van der Waals surface area (Å²) in [6.45, 7) is 4.70. The van der Waals surface area contributed by atoms with Gasteiger partial charge in [-0.25, -0.2) is 0 Å². The normalized spacial score (nSPS) is 20.2. The highest BCUT2D eigenvalue weighted by Crippen LogP contribution is 2.40. The molecule has 3 rings (SSSR count). The summed E-state index contributed by atoms with van der Waals surface area (Å²) in [5.74, 6) is 1.31. The molecule has 1 heterocycles. The highest BCUT2D eigenvalue weighted by molar-refractivity contribution is 5.38. The van der Waals surface area contributed by atoms with Crippen LogP contribution in [0.15, 0.2) is 48.5 Å². The Kier molecular flexibility index (Phi) is 3.73. The van der Waals surface area contributed by atoms with Gasteiger partial charge >= 0.3 is 0 Å². The number of benzene rings is 2. The molecule has 110 valence electrons. The molecule has 1 N–H and O–H groups in total. The van der Waals surface area contributed by atoms with Gasteiger partial charge in [-0.15, -0.1) is 0 Å². The minimum absolute atomic E-state index is 0.339. The summed E-state index contributed by atoms with van der Waals surface area (Å²) in [4.78, 5) is 0. The number of ether oxygens (including phenoxy) is 1. The molecule has 0 saturated heterocycles. The zero-order valence-electron chi connectivity index (χ0n) is 12.7. The third-order valence-corrected chi connectivity index (χ3v) is 4.40. The highest BCUT2D eigenvalue weighted by Gasteiger charge is 2.31. The van der Waals surface area contributed by atoms with Gasteiger partial charge in [0.1, 0.15) is 5.75 Å². The number of aryl methyl sites for hydroxylation is 1. The second kappa shape index (κ2) is 5.53. The standard InChI is InChI=1S/C19H22O2/c1-14-7-9-16(10-8-14)19(2,20)13-15-11-12-21-18-6-4-3-5-17(15)18/h3-10,15,20H,11-13H2,1-2H3. The predicted octanol–water partition coefficient (Wildman–Crippen LogP) is 4.16. The molecule has 0 radical (unpaired) electrons. The highest BCUT2D eigenvalue weighted by atomic mass is 16.5. The molecule has 0 bridgehead atoms. The molecule has 2 nitrogen and oxygen atoms in total. The first-order valence-corrected chi connectivity index (χ1v) is 7.57. The SMILES string of the molecule is Cc1ccc(C(C)(O)CC2CCOc3ccccc32)cc1. The summed E-state index contributed by atoms with van der Waals surface area (Å²) in [5.41, 5.74) is 2.60. The lowest BCUT2D eigenvalue weighted by Gasteiger charge is -2.32. The maximum atomic E-state index is 10.9. The van der Waals surface area contributed by atoms with E-state index in [0.29, 0.717) is 5.92 Å². The van der Waals surface area contributed by atoms with Crippen LogP contribution in [-0.4, -0.2) is 11.7 Å². The molecule has 21 heavy (non-hydrogen) atoms. The minimum Gasteiger partial charge on any atom is -0.493 e. The van der Waals surface area contributed by atoms with Crippen molar-refractivity contribution in [2.24, 2.45) is 0 Å². The quantitative estimate of drug-likeness (QED) is 0.916. The number of para-hydroxylation sites is 1. The van der Waals surface area contributed by atoms with Crippen molar-refractivity contribution in [3.63, 3.8) is 0 Å². The van der Waals surface area contributed by atoms with Crippen molar-refractivity contribution in [3.8, 4) is 5.75 Å². The number of hydrogen-bond acceptors (Lipinski definition) is 2. The largest absolute Gasteiger partial charge is 0.493 e. The number of aliphatic hydroxyl groups is 1. The van der Waals surface area contributed by atoms with Crippen molar-refractivity contribution >= 4 is 0 Å². The molecule has 1 aliphatic rings. The third kappa shape index (κ3) is 2.96. The molecule has 0 spiro atoms. The Hall–Kier alpha value is -1.80. The Morgan fingerprint density at radius 1 is 1.14 bits per heavy atom. The monoisotopic (exact) mass is 282 g/mol. The molecule has 0 aliphatic carbocycles. The van der Waals surface area contributed by atoms with Crippen LogP contribution in [0.25, 0.3) is 0 Å². The van der Waals surface area contributed by atoms with E-state index in [-0.39, 0.29) is 0 Å². The van der Waals surface area contributed by atoms with E-state index in [1.54, 1.807) is 0 Å². The van der Waals surface area contributed by atoms with Crippen LogP contribution in [0.1, 0.15) is 42.4 Å². The molecule has 2 heteroatoms. The van der Waals surface area contributed by atoms with Crippen molar-refractivity contribution < 1.29 is 9.84 Å². The molecule has 2 unspecified atom stereocenters.